The van der Waals surface area contributed by atoms with Gasteiger partial charge in [0.15, 0.2) is 0 Å². The lowest BCUT2D eigenvalue weighted by Crippen LogP contribution is -2.34. The monoisotopic (exact) mass is 272 g/mol. The normalized spacial score (nSPS) is 21.1. The summed E-state index contributed by atoms with van der Waals surface area (Å²) >= 11 is 0. The van der Waals surface area contributed by atoms with E-state index in [1.807, 2.05) is 12.1 Å². The van der Waals surface area contributed by atoms with E-state index in [9.17, 15) is 4.39 Å². The molecular weight excluding hydrogens is 255 g/mol. The van der Waals surface area contributed by atoms with Gasteiger partial charge in [0.05, 0.1) is 19.0 Å². The summed E-state index contributed by atoms with van der Waals surface area (Å²) in [6.45, 7) is 0. The number of hydrogen-bond acceptors (Lipinski definition) is 3. The van der Waals surface area contributed by atoms with Gasteiger partial charge in [-0.1, -0.05) is 12.1 Å². The Labute approximate surface area is 117 Å². The fourth-order valence-corrected chi connectivity index (χ4v) is 2.60. The molecule has 4 heteroatoms. The van der Waals surface area contributed by atoms with Crippen molar-refractivity contribution in [3.05, 3.63) is 54.1 Å². The Hall–Kier alpha value is -2.10. The fraction of sp³-hybridized carbons (Fsp3) is 0.312. The van der Waals surface area contributed by atoms with Crippen LogP contribution in [0.4, 0.5) is 10.1 Å². The molecule has 0 unspecified atom stereocenters. The summed E-state index contributed by atoms with van der Waals surface area (Å²) in [6, 6.07) is 11.8. The Morgan fingerprint density at radius 2 is 2.10 bits per heavy atom. The van der Waals surface area contributed by atoms with Gasteiger partial charge < -0.3 is 10.1 Å². The maximum Gasteiger partial charge on any atom is 0.212 e. The summed E-state index contributed by atoms with van der Waals surface area (Å²) in [7, 11) is 1.69. The molecule has 1 aliphatic carbocycles. The third-order valence-corrected chi connectivity index (χ3v) is 3.80. The van der Waals surface area contributed by atoms with Crippen LogP contribution in [0.25, 0.3) is 0 Å². The molecule has 1 aromatic heterocycles. The van der Waals surface area contributed by atoms with Crippen molar-refractivity contribution in [1.82, 2.24) is 4.98 Å². The highest BCUT2D eigenvalue weighted by Crippen LogP contribution is 2.39. The molecule has 0 amide bonds. The largest absolute Gasteiger partial charge is 0.497 e. The average molecular weight is 272 g/mol. The van der Waals surface area contributed by atoms with Crippen molar-refractivity contribution < 1.29 is 9.13 Å². The molecule has 3 nitrogen and oxygen atoms in total. The van der Waals surface area contributed by atoms with E-state index in [0.29, 0.717) is 12.0 Å². The van der Waals surface area contributed by atoms with Gasteiger partial charge in [0.25, 0.3) is 0 Å². The van der Waals surface area contributed by atoms with E-state index in [2.05, 4.69) is 22.4 Å². The molecular formula is C16H17FN2O. The number of methoxy groups -OCH3 is 1. The van der Waals surface area contributed by atoms with Crippen molar-refractivity contribution in [2.75, 3.05) is 12.4 Å². The Balaban J connectivity index is 1.57. The second-order valence-electron chi connectivity index (χ2n) is 5.16. The highest BCUT2D eigenvalue weighted by Gasteiger charge is 2.30. The minimum absolute atomic E-state index is 0.429. The fourth-order valence-electron chi connectivity index (χ4n) is 2.60. The lowest BCUT2D eigenvalue weighted by Gasteiger charge is -2.36. The van der Waals surface area contributed by atoms with Crippen molar-refractivity contribution in [3.8, 4) is 5.75 Å². The average Bonchev–Trinajstić information content (AvgIpc) is 2.44. The summed E-state index contributed by atoms with van der Waals surface area (Å²) in [4.78, 5) is 3.64. The van der Waals surface area contributed by atoms with E-state index in [4.69, 9.17) is 4.74 Å². The van der Waals surface area contributed by atoms with E-state index in [1.54, 1.807) is 13.2 Å². The molecule has 0 bridgehead atoms. The number of rotatable bonds is 4. The molecule has 1 N–H and O–H groups in total. The van der Waals surface area contributed by atoms with Gasteiger partial charge in [0.2, 0.25) is 5.95 Å². The molecule has 20 heavy (non-hydrogen) atoms. The minimum Gasteiger partial charge on any atom is -0.497 e. The van der Waals surface area contributed by atoms with Gasteiger partial charge in [-0.15, -0.1) is 0 Å². The number of anilines is 1. The molecule has 1 saturated carbocycles. The SMILES string of the molecule is COc1cccc(C2CC(Nc3ccc(F)nc3)C2)c1. The first-order valence-corrected chi connectivity index (χ1v) is 6.76. The number of halogens is 1. The van der Waals surface area contributed by atoms with Gasteiger partial charge >= 0.3 is 0 Å². The van der Waals surface area contributed by atoms with Crippen LogP contribution in [0.15, 0.2) is 42.6 Å². The molecule has 0 spiro atoms. The molecule has 0 aliphatic heterocycles. The third-order valence-electron chi connectivity index (χ3n) is 3.80. The van der Waals surface area contributed by atoms with Crippen LogP contribution < -0.4 is 10.1 Å². The van der Waals surface area contributed by atoms with Crippen LogP contribution in [0.3, 0.4) is 0 Å². The number of nitrogens with zero attached hydrogens (tertiary/aromatic N) is 1. The number of ether oxygens (including phenoxy) is 1. The third kappa shape index (κ3) is 2.74. The van der Waals surface area contributed by atoms with Crippen LogP contribution in [0, 0.1) is 5.95 Å². The maximum absolute atomic E-state index is 12.7. The molecule has 1 aliphatic rings. The van der Waals surface area contributed by atoms with Gasteiger partial charge in [-0.25, -0.2) is 4.98 Å². The Bertz CT molecular complexity index is 579. The van der Waals surface area contributed by atoms with Gasteiger partial charge in [-0.2, -0.15) is 4.39 Å². The van der Waals surface area contributed by atoms with Crippen molar-refractivity contribution in [2.24, 2.45) is 0 Å². The van der Waals surface area contributed by atoms with Crippen molar-refractivity contribution in [1.29, 1.82) is 0 Å². The molecule has 0 saturated heterocycles. The Morgan fingerprint density at radius 3 is 2.80 bits per heavy atom. The van der Waals surface area contributed by atoms with Crippen LogP contribution in [0.2, 0.25) is 0 Å². The number of hydrogen-bond donors (Lipinski definition) is 1. The zero-order valence-corrected chi connectivity index (χ0v) is 11.3. The zero-order valence-electron chi connectivity index (χ0n) is 11.3. The molecule has 1 aromatic carbocycles. The first-order valence-electron chi connectivity index (χ1n) is 6.76. The lowest BCUT2D eigenvalue weighted by atomic mass is 9.76. The zero-order chi connectivity index (χ0) is 13.9. The van der Waals surface area contributed by atoms with E-state index in [0.717, 1.165) is 24.3 Å². The molecule has 1 heterocycles. The smallest absolute Gasteiger partial charge is 0.212 e. The minimum atomic E-state index is -0.446. The van der Waals surface area contributed by atoms with Crippen LogP contribution in [-0.4, -0.2) is 18.1 Å². The number of nitrogens with one attached hydrogen (secondary N) is 1. The maximum atomic E-state index is 12.7. The molecule has 3 rings (SSSR count). The van der Waals surface area contributed by atoms with Gasteiger partial charge in [-0.05, 0) is 48.6 Å². The Kier molecular flexibility index (Phi) is 3.54. The van der Waals surface area contributed by atoms with Crippen LogP contribution >= 0.6 is 0 Å². The number of pyridine rings is 1. The van der Waals surface area contributed by atoms with Crippen molar-refractivity contribution in [3.63, 3.8) is 0 Å². The second kappa shape index (κ2) is 5.49. The first-order chi connectivity index (χ1) is 9.74. The van der Waals surface area contributed by atoms with E-state index >= 15 is 0 Å². The van der Waals surface area contributed by atoms with Crippen LogP contribution in [0.5, 0.6) is 5.75 Å². The predicted octanol–water partition coefficient (Wildman–Crippen LogP) is 3.59. The standard InChI is InChI=1S/C16H17FN2O/c1-20-15-4-2-3-11(9-15)12-7-14(8-12)19-13-5-6-16(17)18-10-13/h2-6,9-10,12,14,19H,7-8H2,1H3. The predicted molar refractivity (Wildman–Crippen MR) is 76.6 cm³/mol. The van der Waals surface area contributed by atoms with Gasteiger partial charge in [-0.3, -0.25) is 0 Å². The van der Waals surface area contributed by atoms with E-state index < -0.39 is 5.95 Å². The highest BCUT2D eigenvalue weighted by atomic mass is 19.1. The topological polar surface area (TPSA) is 34.1 Å². The highest BCUT2D eigenvalue weighted by molar-refractivity contribution is 5.43. The molecule has 1 fully saturated rings. The molecule has 104 valence electrons. The quantitative estimate of drug-likeness (QED) is 0.864. The van der Waals surface area contributed by atoms with Gasteiger partial charge in [0.1, 0.15) is 5.75 Å². The van der Waals surface area contributed by atoms with E-state index in [1.165, 1.54) is 17.8 Å². The van der Waals surface area contributed by atoms with E-state index in [-0.39, 0.29) is 0 Å². The Morgan fingerprint density at radius 1 is 1.25 bits per heavy atom. The molecule has 0 atom stereocenters. The van der Waals surface area contributed by atoms with Crippen LogP contribution in [-0.2, 0) is 0 Å². The summed E-state index contributed by atoms with van der Waals surface area (Å²) in [6.07, 6.45) is 3.68. The molecule has 0 radical (unpaired) electrons. The summed E-state index contributed by atoms with van der Waals surface area (Å²) in [5, 5.41) is 3.37. The number of benzene rings is 1. The van der Waals surface area contributed by atoms with Gasteiger partial charge in [0, 0.05) is 6.04 Å². The summed E-state index contributed by atoms with van der Waals surface area (Å²) in [5.41, 5.74) is 2.19. The second-order valence-corrected chi connectivity index (χ2v) is 5.16. The first kappa shape index (κ1) is 12.9. The van der Waals surface area contributed by atoms with Crippen molar-refractivity contribution in [2.45, 2.75) is 24.8 Å². The summed E-state index contributed by atoms with van der Waals surface area (Å²) < 4.78 is 18.0. The van der Waals surface area contributed by atoms with Crippen LogP contribution in [0.1, 0.15) is 24.3 Å². The summed E-state index contributed by atoms with van der Waals surface area (Å²) in [5.74, 6) is 1.02. The lowest BCUT2D eigenvalue weighted by molar-refractivity contribution is 0.370. The van der Waals surface area contributed by atoms with Crippen molar-refractivity contribution >= 4 is 5.69 Å². The molecule has 2 aromatic rings. The number of aromatic nitrogens is 1.